The van der Waals surface area contributed by atoms with Crippen molar-refractivity contribution in [2.45, 2.75) is 12.1 Å². The smallest absolute Gasteiger partial charge is 0.234 e. The molecule has 0 saturated carbocycles. The number of thioether (sulfide) groups is 1. The Morgan fingerprint density at radius 2 is 2.00 bits per heavy atom. The summed E-state index contributed by atoms with van der Waals surface area (Å²) in [5.41, 5.74) is 1.87. The van der Waals surface area contributed by atoms with E-state index in [9.17, 15) is 4.79 Å². The van der Waals surface area contributed by atoms with Crippen molar-refractivity contribution in [2.24, 2.45) is 0 Å². The number of carbonyl (C=O) groups excluding carboxylic acids is 1. The van der Waals surface area contributed by atoms with Crippen LogP contribution in [0.1, 0.15) is 5.56 Å². The summed E-state index contributed by atoms with van der Waals surface area (Å²) >= 11 is 1.31. The predicted octanol–water partition coefficient (Wildman–Crippen LogP) is 3.69. The van der Waals surface area contributed by atoms with Gasteiger partial charge in [0, 0.05) is 18.1 Å². The van der Waals surface area contributed by atoms with Gasteiger partial charge in [-0.2, -0.15) is 0 Å². The molecule has 0 radical (unpaired) electrons. The maximum absolute atomic E-state index is 12.3. The molecular weight excluding hydrogens is 362 g/mol. The van der Waals surface area contributed by atoms with Gasteiger partial charge < -0.3 is 9.73 Å². The number of rotatable bonds is 6. The number of carbonyl (C=O) groups is 1. The van der Waals surface area contributed by atoms with Crippen molar-refractivity contribution in [3.63, 3.8) is 0 Å². The number of nitrogens with one attached hydrogen (secondary N) is 1. The maximum atomic E-state index is 12.3. The van der Waals surface area contributed by atoms with Gasteiger partial charge in [-0.3, -0.25) is 9.47 Å². The Kier molecular flexibility index (Phi) is 4.80. The standard InChI is InChI=1S/C19H17N5O2S/c1-14-6-4-7-15(12-14)20-17(25)13-27-19-22-21-18(16-8-5-11-26-16)24(19)23-9-2-3-10-23/h2-12H,13H2,1H3,(H,20,25). The fourth-order valence-corrected chi connectivity index (χ4v) is 3.37. The highest BCUT2D eigenvalue weighted by Crippen LogP contribution is 2.24. The summed E-state index contributed by atoms with van der Waals surface area (Å²) < 4.78 is 9.12. The van der Waals surface area contributed by atoms with Crippen LogP contribution in [0, 0.1) is 6.92 Å². The minimum Gasteiger partial charge on any atom is -0.461 e. The average molecular weight is 379 g/mol. The first-order valence-electron chi connectivity index (χ1n) is 8.33. The molecule has 3 aromatic heterocycles. The summed E-state index contributed by atoms with van der Waals surface area (Å²) in [4.78, 5) is 12.3. The zero-order valence-electron chi connectivity index (χ0n) is 14.6. The van der Waals surface area contributed by atoms with Gasteiger partial charge in [0.2, 0.25) is 16.9 Å². The Hall–Kier alpha value is -3.26. The molecule has 1 N–H and O–H groups in total. The molecule has 4 rings (SSSR count). The van der Waals surface area contributed by atoms with Crippen LogP contribution in [-0.2, 0) is 4.79 Å². The van der Waals surface area contributed by atoms with E-state index in [2.05, 4.69) is 15.5 Å². The van der Waals surface area contributed by atoms with Gasteiger partial charge in [0.25, 0.3) is 0 Å². The highest BCUT2D eigenvalue weighted by Gasteiger charge is 2.18. The molecule has 0 aliphatic heterocycles. The van der Waals surface area contributed by atoms with E-state index in [1.165, 1.54) is 11.8 Å². The molecule has 0 aliphatic carbocycles. The average Bonchev–Trinajstić information content (AvgIpc) is 3.39. The van der Waals surface area contributed by atoms with Gasteiger partial charge in [0.1, 0.15) is 0 Å². The number of nitrogens with zero attached hydrogens (tertiary/aromatic N) is 4. The van der Waals surface area contributed by atoms with Gasteiger partial charge in [-0.1, -0.05) is 23.9 Å². The van der Waals surface area contributed by atoms with E-state index in [1.54, 1.807) is 12.3 Å². The monoisotopic (exact) mass is 379 g/mol. The lowest BCUT2D eigenvalue weighted by molar-refractivity contribution is -0.113. The molecule has 7 nitrogen and oxygen atoms in total. The highest BCUT2D eigenvalue weighted by atomic mass is 32.2. The minimum absolute atomic E-state index is 0.104. The van der Waals surface area contributed by atoms with Gasteiger partial charge >= 0.3 is 0 Å². The number of hydrogen-bond donors (Lipinski definition) is 1. The lowest BCUT2D eigenvalue weighted by Gasteiger charge is -2.10. The predicted molar refractivity (Wildman–Crippen MR) is 103 cm³/mol. The van der Waals surface area contributed by atoms with Gasteiger partial charge in [-0.25, -0.2) is 4.68 Å². The fraction of sp³-hybridized carbons (Fsp3) is 0.105. The maximum Gasteiger partial charge on any atom is 0.234 e. The largest absolute Gasteiger partial charge is 0.461 e. The van der Waals surface area contributed by atoms with Crippen LogP contribution in [0.3, 0.4) is 0 Å². The van der Waals surface area contributed by atoms with Crippen LogP contribution in [-0.4, -0.2) is 31.2 Å². The quantitative estimate of drug-likeness (QED) is 0.517. The molecule has 1 aromatic carbocycles. The summed E-state index contributed by atoms with van der Waals surface area (Å²) in [5, 5.41) is 12.0. The molecular formula is C19H17N5O2S. The van der Waals surface area contributed by atoms with E-state index >= 15 is 0 Å². The summed E-state index contributed by atoms with van der Waals surface area (Å²) in [6, 6.07) is 15.1. The number of anilines is 1. The molecule has 0 atom stereocenters. The molecule has 0 aliphatic rings. The first kappa shape index (κ1) is 17.2. The van der Waals surface area contributed by atoms with Crippen molar-refractivity contribution in [1.29, 1.82) is 0 Å². The number of aromatic nitrogens is 4. The molecule has 27 heavy (non-hydrogen) atoms. The normalized spacial score (nSPS) is 10.9. The number of amides is 1. The van der Waals surface area contributed by atoms with Crippen LogP contribution in [0.25, 0.3) is 11.6 Å². The zero-order valence-corrected chi connectivity index (χ0v) is 15.4. The van der Waals surface area contributed by atoms with Crippen LogP contribution in [0.4, 0.5) is 5.69 Å². The molecule has 8 heteroatoms. The molecule has 0 unspecified atom stereocenters. The Morgan fingerprint density at radius 3 is 2.74 bits per heavy atom. The van der Waals surface area contributed by atoms with E-state index in [4.69, 9.17) is 4.42 Å². The third kappa shape index (κ3) is 3.80. The summed E-state index contributed by atoms with van der Waals surface area (Å²) in [6.07, 6.45) is 5.35. The molecule has 0 bridgehead atoms. The number of aryl methyl sites for hydroxylation is 1. The second kappa shape index (κ2) is 7.55. The summed E-state index contributed by atoms with van der Waals surface area (Å²) in [5.74, 6) is 1.28. The zero-order chi connectivity index (χ0) is 18.6. The van der Waals surface area contributed by atoms with Crippen molar-refractivity contribution >= 4 is 23.4 Å². The Labute approximate surface area is 160 Å². The van der Waals surface area contributed by atoms with Gasteiger partial charge in [-0.05, 0) is 48.9 Å². The van der Waals surface area contributed by atoms with Gasteiger partial charge in [0.15, 0.2) is 5.76 Å². The fourth-order valence-electron chi connectivity index (χ4n) is 2.63. The third-order valence-electron chi connectivity index (χ3n) is 3.81. The van der Waals surface area contributed by atoms with Crippen molar-refractivity contribution in [2.75, 3.05) is 11.1 Å². The van der Waals surface area contributed by atoms with Gasteiger partial charge in [-0.15, -0.1) is 10.2 Å². The first-order valence-corrected chi connectivity index (χ1v) is 9.31. The van der Waals surface area contributed by atoms with Gasteiger partial charge in [0.05, 0.1) is 12.0 Å². The van der Waals surface area contributed by atoms with Crippen LogP contribution in [0.15, 0.2) is 76.8 Å². The molecule has 1 amide bonds. The van der Waals surface area contributed by atoms with Crippen LogP contribution >= 0.6 is 11.8 Å². The summed E-state index contributed by atoms with van der Waals surface area (Å²) in [6.45, 7) is 1.99. The van der Waals surface area contributed by atoms with E-state index in [0.717, 1.165) is 11.3 Å². The molecule has 4 aromatic rings. The van der Waals surface area contributed by atoms with E-state index in [0.29, 0.717) is 16.7 Å². The first-order chi connectivity index (χ1) is 13.2. The molecule has 3 heterocycles. The molecule has 0 fully saturated rings. The second-order valence-electron chi connectivity index (χ2n) is 5.86. The third-order valence-corrected chi connectivity index (χ3v) is 4.73. The number of hydrogen-bond acceptors (Lipinski definition) is 5. The minimum atomic E-state index is -0.104. The Balaban J connectivity index is 1.53. The van der Waals surface area contributed by atoms with Crippen molar-refractivity contribution < 1.29 is 9.21 Å². The lowest BCUT2D eigenvalue weighted by Crippen LogP contribution is -2.15. The molecule has 0 spiro atoms. The van der Waals surface area contributed by atoms with Crippen LogP contribution < -0.4 is 5.32 Å². The SMILES string of the molecule is Cc1cccc(NC(=O)CSc2nnc(-c3ccco3)n2-n2cccc2)c1. The second-order valence-corrected chi connectivity index (χ2v) is 6.81. The van der Waals surface area contributed by atoms with E-state index in [1.807, 2.05) is 71.1 Å². The Morgan fingerprint density at radius 1 is 1.15 bits per heavy atom. The van der Waals surface area contributed by atoms with Crippen molar-refractivity contribution in [1.82, 2.24) is 19.5 Å². The number of furan rings is 1. The van der Waals surface area contributed by atoms with E-state index in [-0.39, 0.29) is 11.7 Å². The Bertz CT molecular complexity index is 1040. The number of benzene rings is 1. The van der Waals surface area contributed by atoms with E-state index < -0.39 is 0 Å². The van der Waals surface area contributed by atoms with Crippen LogP contribution in [0.2, 0.25) is 0 Å². The lowest BCUT2D eigenvalue weighted by atomic mass is 10.2. The van der Waals surface area contributed by atoms with Crippen molar-refractivity contribution in [3.05, 3.63) is 72.8 Å². The highest BCUT2D eigenvalue weighted by molar-refractivity contribution is 7.99. The molecule has 136 valence electrons. The van der Waals surface area contributed by atoms with Crippen molar-refractivity contribution in [3.8, 4) is 11.6 Å². The molecule has 0 saturated heterocycles. The summed E-state index contributed by atoms with van der Waals surface area (Å²) in [7, 11) is 0. The van der Waals surface area contributed by atoms with Crippen LogP contribution in [0.5, 0.6) is 0 Å². The topological polar surface area (TPSA) is 77.9 Å².